The van der Waals surface area contributed by atoms with Gasteiger partial charge in [-0.2, -0.15) is 0 Å². The molecule has 1 aromatic heterocycles. The van der Waals surface area contributed by atoms with Gasteiger partial charge in [-0.05, 0) is 18.6 Å². The molecule has 4 nitrogen and oxygen atoms in total. The molecule has 0 bridgehead atoms. The molecule has 0 radical (unpaired) electrons. The van der Waals surface area contributed by atoms with E-state index in [1.54, 1.807) is 12.5 Å². The molecule has 0 aliphatic heterocycles. The Labute approximate surface area is 104 Å². The van der Waals surface area contributed by atoms with Crippen molar-refractivity contribution in [1.29, 1.82) is 0 Å². The van der Waals surface area contributed by atoms with E-state index in [2.05, 4.69) is 4.98 Å². The summed E-state index contributed by atoms with van der Waals surface area (Å²) >= 11 is 0. The molecular weight excluding hydrogens is 235 g/mol. The minimum atomic E-state index is -0.468. The lowest BCUT2D eigenvalue weighted by Gasteiger charge is -2.07. The minimum Gasteiger partial charge on any atom is -0.493 e. The molecule has 2 aromatic rings. The molecule has 94 valence electrons. The maximum Gasteiger partial charge on any atom is 0.150 e. The lowest BCUT2D eigenvalue weighted by molar-refractivity contribution is 0.112. The Morgan fingerprint density at radius 1 is 1.39 bits per heavy atom. The van der Waals surface area contributed by atoms with Crippen LogP contribution in [0.4, 0.5) is 4.39 Å². The van der Waals surface area contributed by atoms with Crippen LogP contribution in [0, 0.1) is 5.82 Å². The molecule has 0 aliphatic carbocycles. The number of halogens is 1. The van der Waals surface area contributed by atoms with Crippen molar-refractivity contribution in [3.05, 3.63) is 48.3 Å². The number of carbonyl (C=O) groups excluding carboxylic acids is 1. The standard InChI is InChI=1S/C13H13FN2O2/c14-12-6-11(9-17)7-13(8-12)18-5-1-3-16-4-2-15-10-16/h2,4,6-10H,1,3,5H2. The van der Waals surface area contributed by atoms with Gasteiger partial charge in [0.15, 0.2) is 0 Å². The normalized spacial score (nSPS) is 10.3. The first kappa shape index (κ1) is 12.3. The van der Waals surface area contributed by atoms with Gasteiger partial charge in [-0.1, -0.05) is 0 Å². The van der Waals surface area contributed by atoms with Crippen LogP contribution < -0.4 is 4.74 Å². The van der Waals surface area contributed by atoms with Gasteiger partial charge in [-0.3, -0.25) is 4.79 Å². The lowest BCUT2D eigenvalue weighted by Crippen LogP contribution is -2.03. The highest BCUT2D eigenvalue weighted by molar-refractivity contribution is 5.75. The maximum atomic E-state index is 13.1. The average Bonchev–Trinajstić information content (AvgIpc) is 2.87. The summed E-state index contributed by atoms with van der Waals surface area (Å²) < 4.78 is 20.4. The van der Waals surface area contributed by atoms with Gasteiger partial charge in [0.05, 0.1) is 12.9 Å². The van der Waals surface area contributed by atoms with Crippen LogP contribution >= 0.6 is 0 Å². The SMILES string of the molecule is O=Cc1cc(F)cc(OCCCn2ccnc2)c1. The fourth-order valence-corrected chi connectivity index (χ4v) is 1.59. The predicted octanol–water partition coefficient (Wildman–Crippen LogP) is 2.30. The van der Waals surface area contributed by atoms with E-state index in [0.717, 1.165) is 13.0 Å². The number of aromatic nitrogens is 2. The van der Waals surface area contributed by atoms with E-state index < -0.39 is 5.82 Å². The Balaban J connectivity index is 1.82. The Morgan fingerprint density at radius 2 is 2.28 bits per heavy atom. The monoisotopic (exact) mass is 248 g/mol. The van der Waals surface area contributed by atoms with Crippen molar-refractivity contribution >= 4 is 6.29 Å². The average molecular weight is 248 g/mol. The van der Waals surface area contributed by atoms with Crippen molar-refractivity contribution in [1.82, 2.24) is 9.55 Å². The molecule has 0 saturated carbocycles. The number of aldehydes is 1. The van der Waals surface area contributed by atoms with Gasteiger partial charge < -0.3 is 9.30 Å². The van der Waals surface area contributed by atoms with Gasteiger partial charge >= 0.3 is 0 Å². The number of hydrogen-bond acceptors (Lipinski definition) is 3. The van der Waals surface area contributed by atoms with Gasteiger partial charge in [0, 0.05) is 30.6 Å². The van der Waals surface area contributed by atoms with Gasteiger partial charge in [0.25, 0.3) is 0 Å². The van der Waals surface area contributed by atoms with Crippen LogP contribution in [0.1, 0.15) is 16.8 Å². The number of ether oxygens (including phenoxy) is 1. The van der Waals surface area contributed by atoms with Crippen LogP contribution in [0.3, 0.4) is 0 Å². The maximum absolute atomic E-state index is 13.1. The second kappa shape index (κ2) is 5.95. The third-order valence-electron chi connectivity index (χ3n) is 2.42. The molecule has 0 fully saturated rings. The first-order valence-electron chi connectivity index (χ1n) is 5.62. The van der Waals surface area contributed by atoms with Crippen molar-refractivity contribution in [2.75, 3.05) is 6.61 Å². The number of hydrogen-bond donors (Lipinski definition) is 0. The van der Waals surface area contributed by atoms with E-state index in [1.165, 1.54) is 18.2 Å². The molecule has 0 amide bonds. The van der Waals surface area contributed by atoms with E-state index in [9.17, 15) is 9.18 Å². The third-order valence-corrected chi connectivity index (χ3v) is 2.42. The van der Waals surface area contributed by atoms with E-state index in [-0.39, 0.29) is 5.56 Å². The summed E-state index contributed by atoms with van der Waals surface area (Å²) in [5.74, 6) is -0.0908. The highest BCUT2D eigenvalue weighted by atomic mass is 19.1. The Kier molecular flexibility index (Phi) is 4.06. The van der Waals surface area contributed by atoms with E-state index >= 15 is 0 Å². The van der Waals surface area contributed by atoms with Gasteiger partial charge in [-0.25, -0.2) is 9.37 Å². The molecular formula is C13H13FN2O2. The van der Waals surface area contributed by atoms with E-state index in [0.29, 0.717) is 18.6 Å². The molecule has 18 heavy (non-hydrogen) atoms. The fourth-order valence-electron chi connectivity index (χ4n) is 1.59. The number of rotatable bonds is 6. The Hall–Kier alpha value is -2.17. The van der Waals surface area contributed by atoms with Gasteiger partial charge in [0.1, 0.15) is 17.9 Å². The zero-order valence-corrected chi connectivity index (χ0v) is 9.75. The van der Waals surface area contributed by atoms with Crippen molar-refractivity contribution in [2.24, 2.45) is 0 Å². The molecule has 1 aromatic carbocycles. The summed E-state index contributed by atoms with van der Waals surface area (Å²) in [7, 11) is 0. The summed E-state index contributed by atoms with van der Waals surface area (Å²) in [4.78, 5) is 14.5. The molecule has 0 saturated heterocycles. The Morgan fingerprint density at radius 3 is 3.00 bits per heavy atom. The van der Waals surface area contributed by atoms with E-state index in [1.807, 2.05) is 10.8 Å². The highest BCUT2D eigenvalue weighted by Gasteiger charge is 2.01. The summed E-state index contributed by atoms with van der Waals surface area (Å²) in [6.07, 6.45) is 6.69. The summed E-state index contributed by atoms with van der Waals surface area (Å²) in [6.45, 7) is 1.25. The summed E-state index contributed by atoms with van der Waals surface area (Å²) in [6, 6.07) is 3.96. The molecule has 0 aliphatic rings. The van der Waals surface area contributed by atoms with Crippen molar-refractivity contribution in [3.8, 4) is 5.75 Å². The summed E-state index contributed by atoms with van der Waals surface area (Å²) in [5, 5.41) is 0. The predicted molar refractivity (Wildman–Crippen MR) is 64.1 cm³/mol. The topological polar surface area (TPSA) is 44.1 Å². The van der Waals surface area contributed by atoms with Crippen LogP contribution in [0.25, 0.3) is 0 Å². The quantitative estimate of drug-likeness (QED) is 0.582. The van der Waals surface area contributed by atoms with Crippen LogP contribution in [0.15, 0.2) is 36.9 Å². The number of benzene rings is 1. The van der Waals surface area contributed by atoms with E-state index in [4.69, 9.17) is 4.74 Å². The molecule has 5 heteroatoms. The van der Waals surface area contributed by atoms with Crippen LogP contribution in [0.2, 0.25) is 0 Å². The van der Waals surface area contributed by atoms with Crippen molar-refractivity contribution in [3.63, 3.8) is 0 Å². The number of imidazole rings is 1. The summed E-state index contributed by atoms with van der Waals surface area (Å²) in [5.41, 5.74) is 0.277. The number of nitrogens with zero attached hydrogens (tertiary/aromatic N) is 2. The van der Waals surface area contributed by atoms with Crippen molar-refractivity contribution < 1.29 is 13.9 Å². The lowest BCUT2D eigenvalue weighted by atomic mass is 10.2. The van der Waals surface area contributed by atoms with Crippen LogP contribution in [-0.4, -0.2) is 22.4 Å². The highest BCUT2D eigenvalue weighted by Crippen LogP contribution is 2.15. The van der Waals surface area contributed by atoms with Gasteiger partial charge in [-0.15, -0.1) is 0 Å². The second-order valence-corrected chi connectivity index (χ2v) is 3.84. The number of aryl methyl sites for hydroxylation is 1. The number of carbonyl (C=O) groups is 1. The fraction of sp³-hybridized carbons (Fsp3) is 0.231. The molecule has 0 atom stereocenters. The first-order chi connectivity index (χ1) is 8.78. The zero-order valence-electron chi connectivity index (χ0n) is 9.75. The smallest absolute Gasteiger partial charge is 0.150 e. The van der Waals surface area contributed by atoms with Gasteiger partial charge in [0.2, 0.25) is 0 Å². The molecule has 0 N–H and O–H groups in total. The Bertz CT molecular complexity index is 512. The molecule has 1 heterocycles. The second-order valence-electron chi connectivity index (χ2n) is 3.84. The molecule has 0 spiro atoms. The van der Waals surface area contributed by atoms with Crippen LogP contribution in [0.5, 0.6) is 5.75 Å². The minimum absolute atomic E-state index is 0.277. The molecule has 0 unspecified atom stereocenters. The van der Waals surface area contributed by atoms with Crippen LogP contribution in [-0.2, 0) is 6.54 Å². The molecule has 2 rings (SSSR count). The largest absolute Gasteiger partial charge is 0.493 e. The van der Waals surface area contributed by atoms with Crippen molar-refractivity contribution in [2.45, 2.75) is 13.0 Å². The first-order valence-corrected chi connectivity index (χ1v) is 5.62. The third kappa shape index (κ3) is 3.41. The zero-order chi connectivity index (χ0) is 12.8.